The van der Waals surface area contributed by atoms with Crippen LogP contribution in [0.2, 0.25) is 0 Å². The van der Waals surface area contributed by atoms with Crippen molar-refractivity contribution in [1.29, 1.82) is 0 Å². The zero-order chi connectivity index (χ0) is 20.6. The number of ether oxygens (including phenoxy) is 1. The van der Waals surface area contributed by atoms with Crippen molar-refractivity contribution in [2.75, 3.05) is 31.0 Å². The van der Waals surface area contributed by atoms with Crippen LogP contribution in [-0.4, -0.2) is 54.8 Å². The summed E-state index contributed by atoms with van der Waals surface area (Å²) in [4.78, 5) is 14.3. The second-order valence-electron chi connectivity index (χ2n) is 7.86. The summed E-state index contributed by atoms with van der Waals surface area (Å²) in [6.07, 6.45) is 2.70. The van der Waals surface area contributed by atoms with E-state index < -0.39 is 9.84 Å². The Kier molecular flexibility index (Phi) is 5.24. The highest BCUT2D eigenvalue weighted by Crippen LogP contribution is 2.41. The van der Waals surface area contributed by atoms with Crippen LogP contribution >= 0.6 is 0 Å². The predicted molar refractivity (Wildman–Crippen MR) is 110 cm³/mol. The molecule has 1 aliphatic carbocycles. The molecule has 2 aliphatic rings. The van der Waals surface area contributed by atoms with Gasteiger partial charge < -0.3 is 9.64 Å². The van der Waals surface area contributed by atoms with Gasteiger partial charge in [0.2, 0.25) is 0 Å². The van der Waals surface area contributed by atoms with E-state index in [2.05, 4.69) is 10.4 Å². The molecule has 29 heavy (non-hydrogen) atoms. The van der Waals surface area contributed by atoms with Gasteiger partial charge in [-0.2, -0.15) is 5.10 Å². The lowest BCUT2D eigenvalue weighted by molar-refractivity contribution is 0.220. The number of anilines is 1. The zero-order valence-electron chi connectivity index (χ0n) is 16.7. The number of aromatic nitrogens is 2. The number of nitrogens with zero attached hydrogens (tertiary/aromatic N) is 3. The van der Waals surface area contributed by atoms with Gasteiger partial charge in [-0.25, -0.2) is 17.9 Å². The van der Waals surface area contributed by atoms with Gasteiger partial charge in [0.05, 0.1) is 30.4 Å². The van der Waals surface area contributed by atoms with E-state index in [4.69, 9.17) is 4.74 Å². The minimum atomic E-state index is -3.04. The SMILES string of the molecule is COc1ccc(CN(C)C(=O)Nc2cc(C3CC3)nn2[C@@H]2CCS(=O)(=O)C2)cc1. The molecule has 9 heteroatoms. The number of rotatable bonds is 6. The van der Waals surface area contributed by atoms with Crippen molar-refractivity contribution in [3.05, 3.63) is 41.6 Å². The first-order chi connectivity index (χ1) is 13.8. The quantitative estimate of drug-likeness (QED) is 0.779. The first kappa shape index (κ1) is 19.8. The molecular weight excluding hydrogens is 392 g/mol. The third-order valence-corrected chi connectivity index (χ3v) is 7.22. The summed E-state index contributed by atoms with van der Waals surface area (Å²) >= 11 is 0. The summed E-state index contributed by atoms with van der Waals surface area (Å²) in [6, 6.07) is 8.96. The summed E-state index contributed by atoms with van der Waals surface area (Å²) in [5.41, 5.74) is 1.92. The highest BCUT2D eigenvalue weighted by atomic mass is 32.2. The van der Waals surface area contributed by atoms with Gasteiger partial charge >= 0.3 is 6.03 Å². The Morgan fingerprint density at radius 3 is 2.59 bits per heavy atom. The number of carbonyl (C=O) groups is 1. The van der Waals surface area contributed by atoms with Crippen molar-refractivity contribution in [2.45, 2.75) is 37.8 Å². The van der Waals surface area contributed by atoms with Crippen LogP contribution in [0.3, 0.4) is 0 Å². The van der Waals surface area contributed by atoms with Crippen LogP contribution in [0, 0.1) is 0 Å². The Hall–Kier alpha value is -2.55. The number of carbonyl (C=O) groups excluding carboxylic acids is 1. The van der Waals surface area contributed by atoms with E-state index in [0.29, 0.717) is 24.7 Å². The Balaban J connectivity index is 1.47. The summed E-state index contributed by atoms with van der Waals surface area (Å²) in [5.74, 6) is 2.00. The van der Waals surface area contributed by atoms with E-state index in [0.717, 1.165) is 29.8 Å². The van der Waals surface area contributed by atoms with E-state index in [-0.39, 0.29) is 23.6 Å². The van der Waals surface area contributed by atoms with Gasteiger partial charge in [0.15, 0.2) is 9.84 Å². The second-order valence-corrected chi connectivity index (χ2v) is 10.1. The molecule has 1 saturated carbocycles. The fourth-order valence-electron chi connectivity index (χ4n) is 3.61. The molecule has 2 amide bonds. The van der Waals surface area contributed by atoms with Crippen LogP contribution in [-0.2, 0) is 16.4 Å². The maximum Gasteiger partial charge on any atom is 0.323 e. The maximum absolute atomic E-state index is 12.8. The second kappa shape index (κ2) is 7.70. The third kappa shape index (κ3) is 4.55. The Bertz CT molecular complexity index is 996. The van der Waals surface area contributed by atoms with E-state index >= 15 is 0 Å². The van der Waals surface area contributed by atoms with Gasteiger partial charge in [0.25, 0.3) is 0 Å². The largest absolute Gasteiger partial charge is 0.497 e. The number of benzene rings is 1. The lowest BCUT2D eigenvalue weighted by Gasteiger charge is -2.20. The molecule has 1 aromatic carbocycles. The number of methoxy groups -OCH3 is 1. The van der Waals surface area contributed by atoms with Crippen LogP contribution in [0.25, 0.3) is 0 Å². The van der Waals surface area contributed by atoms with Gasteiger partial charge in [0.1, 0.15) is 11.6 Å². The number of urea groups is 1. The lowest BCUT2D eigenvalue weighted by atomic mass is 10.2. The third-order valence-electron chi connectivity index (χ3n) is 5.47. The van der Waals surface area contributed by atoms with Crippen LogP contribution < -0.4 is 10.1 Å². The molecule has 0 bridgehead atoms. The molecule has 0 radical (unpaired) electrons. The molecule has 2 fully saturated rings. The molecule has 1 aromatic heterocycles. The van der Waals surface area contributed by atoms with Gasteiger partial charge in [0, 0.05) is 25.6 Å². The summed E-state index contributed by atoms with van der Waals surface area (Å²) < 4.78 is 30.7. The van der Waals surface area contributed by atoms with Gasteiger partial charge in [-0.3, -0.25) is 5.32 Å². The Labute approximate surface area is 170 Å². The number of nitrogens with one attached hydrogen (secondary N) is 1. The molecule has 1 aliphatic heterocycles. The molecule has 4 rings (SSSR count). The molecule has 1 N–H and O–H groups in total. The monoisotopic (exact) mass is 418 g/mol. The fraction of sp³-hybridized carbons (Fsp3) is 0.500. The van der Waals surface area contributed by atoms with Crippen molar-refractivity contribution in [3.8, 4) is 5.75 Å². The predicted octanol–water partition coefficient (Wildman–Crippen LogP) is 2.79. The van der Waals surface area contributed by atoms with Crippen LogP contribution in [0.5, 0.6) is 5.75 Å². The normalized spacial score (nSPS) is 20.4. The Morgan fingerprint density at radius 1 is 1.28 bits per heavy atom. The molecule has 2 aromatic rings. The average Bonchev–Trinajstić information content (AvgIpc) is 3.37. The molecular formula is C20H26N4O4S. The van der Waals surface area contributed by atoms with Crippen LogP contribution in [0.15, 0.2) is 30.3 Å². The Morgan fingerprint density at radius 2 is 2.00 bits per heavy atom. The smallest absolute Gasteiger partial charge is 0.323 e. The van der Waals surface area contributed by atoms with Gasteiger partial charge in [-0.05, 0) is 37.0 Å². The van der Waals surface area contributed by atoms with E-state index in [9.17, 15) is 13.2 Å². The summed E-state index contributed by atoms with van der Waals surface area (Å²) in [7, 11) is 0.297. The molecule has 0 unspecified atom stereocenters. The van der Waals surface area contributed by atoms with E-state index in [1.807, 2.05) is 30.3 Å². The van der Waals surface area contributed by atoms with Gasteiger partial charge in [-0.1, -0.05) is 12.1 Å². The fourth-order valence-corrected chi connectivity index (χ4v) is 5.31. The molecule has 0 spiro atoms. The van der Waals surface area contributed by atoms with Crippen molar-refractivity contribution in [1.82, 2.24) is 14.7 Å². The standard InChI is InChI=1S/C20H26N4O4S/c1-23(12-14-3-7-17(28-2)8-4-14)20(25)21-19-11-18(15-5-6-15)22-24(19)16-9-10-29(26,27)13-16/h3-4,7-8,11,15-16H,5-6,9-10,12-13H2,1-2H3,(H,21,25)/t16-/m1/s1. The molecule has 1 saturated heterocycles. The topological polar surface area (TPSA) is 93.5 Å². The van der Waals surface area contributed by atoms with Crippen molar-refractivity contribution >= 4 is 21.7 Å². The number of hydrogen-bond acceptors (Lipinski definition) is 5. The van der Waals surface area contributed by atoms with Crippen molar-refractivity contribution in [2.24, 2.45) is 0 Å². The summed E-state index contributed by atoms with van der Waals surface area (Å²) in [6.45, 7) is 0.442. The molecule has 1 atom stereocenters. The lowest BCUT2D eigenvalue weighted by Crippen LogP contribution is -2.32. The number of amides is 2. The first-order valence-corrected chi connectivity index (χ1v) is 11.6. The highest BCUT2D eigenvalue weighted by Gasteiger charge is 2.34. The van der Waals surface area contributed by atoms with Gasteiger partial charge in [-0.15, -0.1) is 0 Å². The number of hydrogen-bond donors (Lipinski definition) is 1. The zero-order valence-corrected chi connectivity index (χ0v) is 17.5. The van der Waals surface area contributed by atoms with Crippen LogP contribution in [0.4, 0.5) is 10.6 Å². The maximum atomic E-state index is 12.8. The van der Waals surface area contributed by atoms with Crippen molar-refractivity contribution in [3.63, 3.8) is 0 Å². The van der Waals surface area contributed by atoms with Crippen LogP contribution in [0.1, 0.15) is 42.5 Å². The minimum Gasteiger partial charge on any atom is -0.497 e. The van der Waals surface area contributed by atoms with E-state index in [1.54, 1.807) is 23.7 Å². The highest BCUT2D eigenvalue weighted by molar-refractivity contribution is 7.91. The average molecular weight is 419 g/mol. The molecule has 8 nitrogen and oxygen atoms in total. The first-order valence-electron chi connectivity index (χ1n) is 9.79. The molecule has 2 heterocycles. The summed E-state index contributed by atoms with van der Waals surface area (Å²) in [5, 5.41) is 7.57. The molecule has 156 valence electrons. The minimum absolute atomic E-state index is 0.0728. The van der Waals surface area contributed by atoms with E-state index in [1.165, 1.54) is 0 Å². The van der Waals surface area contributed by atoms with Crippen molar-refractivity contribution < 1.29 is 17.9 Å². The number of sulfone groups is 1.